The molecule has 7 nitrogen and oxygen atoms in total. The summed E-state index contributed by atoms with van der Waals surface area (Å²) in [5, 5.41) is 0.931. The number of carbonyl (C=O) groups excluding carboxylic acids is 2. The number of H-pyrrole nitrogens is 1. The van der Waals surface area contributed by atoms with Crippen LogP contribution in [0.1, 0.15) is 45.6 Å². The highest BCUT2D eigenvalue weighted by molar-refractivity contribution is 7.89. The first-order chi connectivity index (χ1) is 14.6. The molecule has 1 aromatic heterocycles. The number of nitrogens with one attached hydrogen (secondary N) is 2. The number of carbonyl (C=O) groups is 2. The Morgan fingerprint density at radius 1 is 1.32 bits per heavy atom. The minimum absolute atomic E-state index is 0.0310. The van der Waals surface area contributed by atoms with Crippen LogP contribution in [0, 0.1) is 16.7 Å². The number of hydrogen-bond acceptors (Lipinski definition) is 5. The van der Waals surface area contributed by atoms with E-state index in [9.17, 15) is 18.0 Å². The van der Waals surface area contributed by atoms with Gasteiger partial charge in [0.25, 0.3) is 0 Å². The fourth-order valence-corrected chi connectivity index (χ4v) is 7.65. The lowest BCUT2D eigenvalue weighted by atomic mass is 9.70. The highest BCUT2D eigenvalue weighted by Crippen LogP contribution is 2.64. The molecule has 2 bridgehead atoms. The third-order valence-corrected chi connectivity index (χ3v) is 9.08. The molecule has 0 aliphatic heterocycles. The molecule has 0 spiro atoms. The average molecular weight is 447 g/mol. The molecule has 0 amide bonds. The molecule has 1 heterocycles. The van der Waals surface area contributed by atoms with Crippen molar-refractivity contribution < 1.29 is 22.7 Å². The van der Waals surface area contributed by atoms with Crippen molar-refractivity contribution in [2.45, 2.75) is 52.5 Å². The molecule has 2 N–H and O–H groups in total. The number of Topliss-reactive ketones (excluding diaryl/α,β-unsaturated/α-hetero) is 1. The van der Waals surface area contributed by atoms with E-state index in [0.29, 0.717) is 12.8 Å². The maximum Gasteiger partial charge on any atom is 0.324 e. The number of aromatic nitrogens is 1. The Hall–Kier alpha value is -2.19. The minimum Gasteiger partial charge on any atom is -0.465 e. The second-order valence-electron chi connectivity index (χ2n) is 9.41. The monoisotopic (exact) mass is 446 g/mol. The largest absolute Gasteiger partial charge is 0.465 e. The van der Waals surface area contributed by atoms with Gasteiger partial charge in [-0.05, 0) is 42.7 Å². The number of ether oxygens (including phenoxy) is 1. The molecule has 2 fully saturated rings. The van der Waals surface area contributed by atoms with Gasteiger partial charge >= 0.3 is 5.97 Å². The fraction of sp³-hybridized carbons (Fsp3) is 0.565. The molecule has 0 radical (unpaired) electrons. The van der Waals surface area contributed by atoms with E-state index in [4.69, 9.17) is 4.74 Å². The van der Waals surface area contributed by atoms with E-state index in [0.717, 1.165) is 22.9 Å². The normalized spacial score (nSPS) is 25.8. The zero-order valence-corrected chi connectivity index (χ0v) is 19.1. The minimum atomic E-state index is -3.91. The van der Waals surface area contributed by atoms with Crippen LogP contribution in [0.15, 0.2) is 30.5 Å². The van der Waals surface area contributed by atoms with Crippen LogP contribution < -0.4 is 4.72 Å². The lowest BCUT2D eigenvalue weighted by Crippen LogP contribution is -2.50. The first kappa shape index (κ1) is 22.0. The summed E-state index contributed by atoms with van der Waals surface area (Å²) in [6.07, 6.45) is 3.84. The number of rotatable bonds is 8. The first-order valence-corrected chi connectivity index (χ1v) is 12.5. The molecule has 8 heteroatoms. The van der Waals surface area contributed by atoms with Crippen LogP contribution in [0.25, 0.3) is 10.9 Å². The Kier molecular flexibility index (Phi) is 5.50. The third-order valence-electron chi connectivity index (χ3n) is 7.57. The third kappa shape index (κ3) is 3.69. The summed E-state index contributed by atoms with van der Waals surface area (Å²) >= 11 is 0. The van der Waals surface area contributed by atoms with Gasteiger partial charge in [-0.25, -0.2) is 13.1 Å². The van der Waals surface area contributed by atoms with Crippen molar-refractivity contribution in [1.82, 2.24) is 9.71 Å². The Balaban J connectivity index is 1.59. The highest BCUT2D eigenvalue weighted by atomic mass is 32.2. The number of esters is 1. The van der Waals surface area contributed by atoms with Crippen molar-refractivity contribution in [1.29, 1.82) is 0 Å². The number of sulfonamides is 1. The van der Waals surface area contributed by atoms with Crippen molar-refractivity contribution in [2.24, 2.45) is 16.7 Å². The number of fused-ring (bicyclic) bond motifs is 3. The van der Waals surface area contributed by atoms with Crippen molar-refractivity contribution in [3.8, 4) is 0 Å². The number of hydrogen-bond donors (Lipinski definition) is 2. The second kappa shape index (κ2) is 7.74. The van der Waals surface area contributed by atoms with E-state index < -0.39 is 27.4 Å². The van der Waals surface area contributed by atoms with E-state index in [1.54, 1.807) is 13.1 Å². The van der Waals surface area contributed by atoms with Crippen molar-refractivity contribution >= 4 is 32.7 Å². The molecule has 4 rings (SSSR count). The summed E-state index contributed by atoms with van der Waals surface area (Å²) in [6.45, 7) is 5.84. The molecular formula is C23H30N2O5S. The lowest BCUT2D eigenvalue weighted by Gasteiger charge is -2.36. The molecule has 3 atom stereocenters. The molecule has 1 aromatic carbocycles. The van der Waals surface area contributed by atoms with E-state index in [1.165, 1.54) is 0 Å². The summed E-state index contributed by atoms with van der Waals surface area (Å²) in [6, 6.07) is 6.59. The van der Waals surface area contributed by atoms with Gasteiger partial charge in [-0.1, -0.05) is 32.0 Å². The lowest BCUT2D eigenvalue weighted by molar-refractivity contribution is -0.145. The highest BCUT2D eigenvalue weighted by Gasteiger charge is 2.65. The van der Waals surface area contributed by atoms with Gasteiger partial charge in [-0.3, -0.25) is 9.59 Å². The number of ketones is 1. The quantitative estimate of drug-likeness (QED) is 0.607. The summed E-state index contributed by atoms with van der Waals surface area (Å²) in [7, 11) is -3.91. The van der Waals surface area contributed by atoms with Gasteiger partial charge in [0.15, 0.2) is 0 Å². The average Bonchev–Trinajstić information content (AvgIpc) is 3.27. The predicted octanol–water partition coefficient (Wildman–Crippen LogP) is 2.96. The van der Waals surface area contributed by atoms with Crippen LogP contribution in [-0.2, 0) is 30.8 Å². The molecular weight excluding hydrogens is 416 g/mol. The molecule has 3 unspecified atom stereocenters. The van der Waals surface area contributed by atoms with Crippen molar-refractivity contribution in [3.63, 3.8) is 0 Å². The van der Waals surface area contributed by atoms with Crippen LogP contribution in [0.3, 0.4) is 0 Å². The zero-order chi connectivity index (χ0) is 22.4. The zero-order valence-electron chi connectivity index (χ0n) is 18.2. The van der Waals surface area contributed by atoms with Gasteiger partial charge in [-0.2, -0.15) is 0 Å². The predicted molar refractivity (Wildman–Crippen MR) is 118 cm³/mol. The van der Waals surface area contributed by atoms with Gasteiger partial charge in [0, 0.05) is 35.4 Å². The fourth-order valence-electron chi connectivity index (χ4n) is 5.63. The van der Waals surface area contributed by atoms with Crippen LogP contribution in [0.5, 0.6) is 0 Å². The molecule has 0 saturated heterocycles. The molecule has 2 aliphatic rings. The van der Waals surface area contributed by atoms with Crippen LogP contribution in [-0.4, -0.2) is 43.6 Å². The van der Waals surface area contributed by atoms with Crippen molar-refractivity contribution in [2.75, 3.05) is 12.4 Å². The summed E-state index contributed by atoms with van der Waals surface area (Å²) in [5.74, 6) is -0.646. The number of aromatic amines is 1. The van der Waals surface area contributed by atoms with Gasteiger partial charge in [0.05, 0.1) is 12.4 Å². The number of para-hydroxylation sites is 1. The van der Waals surface area contributed by atoms with Gasteiger partial charge < -0.3 is 9.72 Å². The Labute approximate surface area is 183 Å². The molecule has 2 saturated carbocycles. The molecule has 2 aromatic rings. The Morgan fingerprint density at radius 2 is 2.06 bits per heavy atom. The van der Waals surface area contributed by atoms with Gasteiger partial charge in [0.2, 0.25) is 10.0 Å². The second-order valence-corrected chi connectivity index (χ2v) is 11.2. The molecule has 2 aliphatic carbocycles. The van der Waals surface area contributed by atoms with Crippen LogP contribution in [0.2, 0.25) is 0 Å². The van der Waals surface area contributed by atoms with Crippen LogP contribution >= 0.6 is 0 Å². The topological polar surface area (TPSA) is 105 Å². The van der Waals surface area contributed by atoms with Gasteiger partial charge in [-0.15, -0.1) is 0 Å². The van der Waals surface area contributed by atoms with Crippen LogP contribution in [0.4, 0.5) is 0 Å². The first-order valence-electron chi connectivity index (χ1n) is 10.8. The Morgan fingerprint density at radius 3 is 2.71 bits per heavy atom. The maximum absolute atomic E-state index is 13.2. The van der Waals surface area contributed by atoms with E-state index in [2.05, 4.69) is 9.71 Å². The summed E-state index contributed by atoms with van der Waals surface area (Å²) < 4.78 is 34.2. The van der Waals surface area contributed by atoms with E-state index in [-0.39, 0.29) is 35.9 Å². The summed E-state index contributed by atoms with van der Waals surface area (Å²) in [5.41, 5.74) is 0.489. The molecule has 168 valence electrons. The molecule has 31 heavy (non-hydrogen) atoms. The van der Waals surface area contributed by atoms with E-state index >= 15 is 0 Å². The van der Waals surface area contributed by atoms with Gasteiger partial charge in [0.1, 0.15) is 11.8 Å². The SMILES string of the molecule is CCOC(=O)C(Cc1c[nH]c2ccccc12)NS(=O)(=O)CC12CCC(CC1=O)C2(C)C. The maximum atomic E-state index is 13.2. The van der Waals surface area contributed by atoms with Crippen molar-refractivity contribution in [3.05, 3.63) is 36.0 Å². The van der Waals surface area contributed by atoms with E-state index in [1.807, 2.05) is 38.1 Å². The summed E-state index contributed by atoms with van der Waals surface area (Å²) in [4.78, 5) is 28.6. The Bertz CT molecular complexity index is 1120. The smallest absolute Gasteiger partial charge is 0.324 e. The standard InChI is InChI=1S/C23H30N2O5S/c1-4-30-21(27)19(11-15-13-24-18-8-6-5-7-17(15)18)25-31(28,29)14-23-10-9-16(12-20(23)26)22(23,2)3/h5-8,13,16,19,24-25H,4,9-12,14H2,1-3H3. The number of benzene rings is 1.